The Morgan fingerprint density at radius 1 is 1.00 bits per heavy atom. The smallest absolute Gasteiger partial charge is 0.0148 e. The molecule has 1 aromatic rings. The zero-order valence-electron chi connectivity index (χ0n) is 9.05. The number of hydrogen-bond acceptors (Lipinski definition) is 1. The van der Waals surface area contributed by atoms with Crippen LogP contribution in [-0.4, -0.2) is 16.7 Å². The average Bonchev–Trinajstić information content (AvgIpc) is 1.99. The lowest BCUT2D eigenvalue weighted by molar-refractivity contribution is 0.690. The summed E-state index contributed by atoms with van der Waals surface area (Å²) in [6, 6.07) is 6.38. The van der Waals surface area contributed by atoms with Gasteiger partial charge in [-0.3, -0.25) is 4.21 Å². The van der Waals surface area contributed by atoms with E-state index in [1.165, 1.54) is 16.7 Å². The van der Waals surface area contributed by atoms with Crippen LogP contribution in [0.2, 0.25) is 0 Å². The lowest BCUT2D eigenvalue weighted by atomic mass is 10.1. The van der Waals surface area contributed by atoms with Crippen molar-refractivity contribution in [2.75, 3.05) is 12.5 Å². The molecule has 74 valence electrons. The van der Waals surface area contributed by atoms with Crippen LogP contribution in [0.1, 0.15) is 16.7 Å². The van der Waals surface area contributed by atoms with Crippen LogP contribution >= 0.6 is 0 Å². The normalized spacial score (nSPS) is 9.38. The molecule has 13 heavy (non-hydrogen) atoms. The van der Waals surface area contributed by atoms with Gasteiger partial charge in [-0.2, -0.15) is 0 Å². The SMILES string of the molecule is CS(C)=O.Cc1cccc(C)c1C. The van der Waals surface area contributed by atoms with Gasteiger partial charge in [0.2, 0.25) is 0 Å². The van der Waals surface area contributed by atoms with Crippen molar-refractivity contribution in [3.05, 3.63) is 34.9 Å². The highest BCUT2D eigenvalue weighted by Gasteiger charge is 1.91. The van der Waals surface area contributed by atoms with Crippen LogP contribution in [0.5, 0.6) is 0 Å². The van der Waals surface area contributed by atoms with Gasteiger partial charge in [0, 0.05) is 23.3 Å². The molecule has 0 bridgehead atoms. The lowest BCUT2D eigenvalue weighted by Gasteiger charge is -2.00. The summed E-state index contributed by atoms with van der Waals surface area (Å²) in [4.78, 5) is 0. The molecular formula is C11H18OS. The van der Waals surface area contributed by atoms with Gasteiger partial charge in [0.05, 0.1) is 0 Å². The van der Waals surface area contributed by atoms with Crippen LogP contribution < -0.4 is 0 Å². The van der Waals surface area contributed by atoms with Gasteiger partial charge in [-0.05, 0) is 37.5 Å². The third-order valence-corrected chi connectivity index (χ3v) is 1.88. The first-order valence-corrected chi connectivity index (χ1v) is 6.19. The molecule has 0 saturated heterocycles. The van der Waals surface area contributed by atoms with Gasteiger partial charge in [-0.1, -0.05) is 18.2 Å². The van der Waals surface area contributed by atoms with Crippen LogP contribution in [0.3, 0.4) is 0 Å². The molecule has 0 amide bonds. The Kier molecular flexibility index (Phi) is 5.63. The Morgan fingerprint density at radius 3 is 1.54 bits per heavy atom. The summed E-state index contributed by atoms with van der Waals surface area (Å²) in [5.41, 5.74) is 4.18. The number of benzene rings is 1. The molecule has 0 fully saturated rings. The fraction of sp³-hybridized carbons (Fsp3) is 0.455. The summed E-state index contributed by atoms with van der Waals surface area (Å²) in [5, 5.41) is 0. The molecule has 0 aliphatic rings. The maximum absolute atomic E-state index is 9.56. The van der Waals surface area contributed by atoms with Gasteiger partial charge in [0.25, 0.3) is 0 Å². The molecule has 1 rings (SSSR count). The summed E-state index contributed by atoms with van der Waals surface area (Å²) in [7, 11) is -0.611. The molecule has 2 heteroatoms. The molecule has 0 heterocycles. The Hall–Kier alpha value is -0.630. The maximum atomic E-state index is 9.56. The topological polar surface area (TPSA) is 17.1 Å². The highest BCUT2D eigenvalue weighted by molar-refractivity contribution is 7.83. The van der Waals surface area contributed by atoms with E-state index in [0.29, 0.717) is 0 Å². The lowest BCUT2D eigenvalue weighted by Crippen LogP contribution is -1.82. The number of aryl methyl sites for hydroxylation is 2. The summed E-state index contributed by atoms with van der Waals surface area (Å²) in [5.74, 6) is 0. The minimum atomic E-state index is -0.611. The van der Waals surface area contributed by atoms with Crippen molar-refractivity contribution in [3.63, 3.8) is 0 Å². The average molecular weight is 198 g/mol. The molecule has 0 radical (unpaired) electrons. The zero-order chi connectivity index (χ0) is 10.4. The summed E-state index contributed by atoms with van der Waals surface area (Å²) in [6.45, 7) is 6.44. The zero-order valence-corrected chi connectivity index (χ0v) is 9.87. The Balaban J connectivity index is 0.000000310. The summed E-state index contributed by atoms with van der Waals surface area (Å²) < 4.78 is 9.56. The van der Waals surface area contributed by atoms with Gasteiger partial charge >= 0.3 is 0 Å². The van der Waals surface area contributed by atoms with Gasteiger partial charge in [-0.25, -0.2) is 0 Å². The van der Waals surface area contributed by atoms with E-state index < -0.39 is 10.8 Å². The predicted octanol–water partition coefficient (Wildman–Crippen LogP) is 2.61. The molecule has 0 saturated carbocycles. The molecule has 0 aliphatic heterocycles. The van der Waals surface area contributed by atoms with Crippen molar-refractivity contribution in [1.82, 2.24) is 0 Å². The number of rotatable bonds is 0. The van der Waals surface area contributed by atoms with Crippen molar-refractivity contribution in [2.24, 2.45) is 0 Å². The second-order valence-electron chi connectivity index (χ2n) is 3.26. The van der Waals surface area contributed by atoms with E-state index >= 15 is 0 Å². The maximum Gasteiger partial charge on any atom is 0.0148 e. The van der Waals surface area contributed by atoms with Crippen LogP contribution in [0, 0.1) is 20.8 Å². The molecule has 1 nitrogen and oxygen atoms in total. The van der Waals surface area contributed by atoms with Crippen LogP contribution in [0.15, 0.2) is 18.2 Å². The van der Waals surface area contributed by atoms with Gasteiger partial charge < -0.3 is 0 Å². The molecule has 0 spiro atoms. The minimum Gasteiger partial charge on any atom is -0.260 e. The van der Waals surface area contributed by atoms with Crippen molar-refractivity contribution >= 4 is 10.8 Å². The van der Waals surface area contributed by atoms with Crippen molar-refractivity contribution in [2.45, 2.75) is 20.8 Å². The molecular weight excluding hydrogens is 180 g/mol. The van der Waals surface area contributed by atoms with E-state index in [4.69, 9.17) is 0 Å². The van der Waals surface area contributed by atoms with E-state index in [0.717, 1.165) is 0 Å². The second-order valence-corrected chi connectivity index (χ2v) is 4.74. The van der Waals surface area contributed by atoms with E-state index in [-0.39, 0.29) is 0 Å². The number of hydrogen-bond donors (Lipinski definition) is 0. The van der Waals surface area contributed by atoms with E-state index in [1.54, 1.807) is 12.5 Å². The quantitative estimate of drug-likeness (QED) is 0.626. The second kappa shape index (κ2) is 5.92. The molecule has 0 aromatic heterocycles. The molecule has 0 N–H and O–H groups in total. The fourth-order valence-electron chi connectivity index (χ4n) is 0.898. The van der Waals surface area contributed by atoms with E-state index in [2.05, 4.69) is 39.0 Å². The third-order valence-electron chi connectivity index (χ3n) is 1.88. The third kappa shape index (κ3) is 5.58. The van der Waals surface area contributed by atoms with E-state index in [1.807, 2.05) is 0 Å². The monoisotopic (exact) mass is 198 g/mol. The summed E-state index contributed by atoms with van der Waals surface area (Å²) >= 11 is 0. The van der Waals surface area contributed by atoms with E-state index in [9.17, 15) is 4.21 Å². The summed E-state index contributed by atoms with van der Waals surface area (Å²) in [6.07, 6.45) is 3.28. The largest absolute Gasteiger partial charge is 0.260 e. The van der Waals surface area contributed by atoms with Crippen LogP contribution in [0.4, 0.5) is 0 Å². The molecule has 0 atom stereocenters. The van der Waals surface area contributed by atoms with Gasteiger partial charge in [0.15, 0.2) is 0 Å². The Morgan fingerprint density at radius 2 is 1.31 bits per heavy atom. The van der Waals surface area contributed by atoms with Crippen LogP contribution in [-0.2, 0) is 10.8 Å². The van der Waals surface area contributed by atoms with Crippen molar-refractivity contribution in [1.29, 1.82) is 0 Å². The van der Waals surface area contributed by atoms with Gasteiger partial charge in [0.1, 0.15) is 0 Å². The first-order chi connectivity index (χ1) is 5.95. The standard InChI is InChI=1S/C9H12.C2H6OS/c1-7-5-4-6-8(2)9(7)3;1-4(2)3/h4-6H,1-3H3;1-2H3. The van der Waals surface area contributed by atoms with Gasteiger partial charge in [-0.15, -0.1) is 0 Å². The van der Waals surface area contributed by atoms with Crippen molar-refractivity contribution in [3.8, 4) is 0 Å². The first-order valence-electron chi connectivity index (χ1n) is 4.23. The highest BCUT2D eigenvalue weighted by Crippen LogP contribution is 2.09. The molecule has 0 aliphatic carbocycles. The Bertz CT molecular complexity index is 268. The minimum absolute atomic E-state index is 0.611. The van der Waals surface area contributed by atoms with Crippen LogP contribution in [0.25, 0.3) is 0 Å². The molecule has 1 aromatic carbocycles. The van der Waals surface area contributed by atoms with Crippen molar-refractivity contribution < 1.29 is 4.21 Å². The predicted molar refractivity (Wildman–Crippen MR) is 60.6 cm³/mol. The molecule has 0 unspecified atom stereocenters. The Labute approximate surface area is 83.6 Å². The fourth-order valence-corrected chi connectivity index (χ4v) is 0.898. The highest BCUT2D eigenvalue weighted by atomic mass is 32.2. The first kappa shape index (κ1) is 12.4.